The Morgan fingerprint density at radius 2 is 1.08 bits per heavy atom. The highest BCUT2D eigenvalue weighted by molar-refractivity contribution is 5.47. The van der Waals surface area contributed by atoms with Crippen LogP contribution >= 0.6 is 0 Å². The summed E-state index contributed by atoms with van der Waals surface area (Å²) in [5.74, 6) is 1.81. The van der Waals surface area contributed by atoms with E-state index < -0.39 is 0 Å². The smallest absolute Gasteiger partial charge is 0.232 e. The third-order valence-electron chi connectivity index (χ3n) is 4.60. The van der Waals surface area contributed by atoms with Gasteiger partial charge in [-0.25, -0.2) is 0 Å². The third kappa shape index (κ3) is 4.27. The Labute approximate surface area is 148 Å². The van der Waals surface area contributed by atoms with Gasteiger partial charge in [-0.2, -0.15) is 15.0 Å². The Kier molecular flexibility index (Phi) is 5.23. The van der Waals surface area contributed by atoms with Crippen LogP contribution in [-0.2, 0) is 0 Å². The monoisotopic (exact) mass is 350 g/mol. The molecule has 0 aromatic carbocycles. The predicted molar refractivity (Wildman–Crippen MR) is 99.7 cm³/mol. The standard InChI is InChI=1S/C15H30N10/c1-23(2)13-20-14(24-5-9(16)3-10(17)6-24)22-15(21-13)25-7-11(18)4-12(19)8-25/h9-12H,3-8,16-19H2,1-2H3/t9-,10+,11-,12+. The van der Waals surface area contributed by atoms with Crippen molar-refractivity contribution >= 4 is 17.8 Å². The highest BCUT2D eigenvalue weighted by Crippen LogP contribution is 2.22. The Morgan fingerprint density at radius 1 is 0.720 bits per heavy atom. The zero-order chi connectivity index (χ0) is 18.1. The highest BCUT2D eigenvalue weighted by Gasteiger charge is 2.28. The van der Waals surface area contributed by atoms with Crippen LogP contribution in [0, 0.1) is 0 Å². The van der Waals surface area contributed by atoms with Crippen LogP contribution in [0.2, 0.25) is 0 Å². The van der Waals surface area contributed by atoms with E-state index in [1.54, 1.807) is 0 Å². The third-order valence-corrected chi connectivity index (χ3v) is 4.60. The molecule has 3 rings (SSSR count). The maximum atomic E-state index is 6.12. The number of hydrogen-bond donors (Lipinski definition) is 4. The Balaban J connectivity index is 1.92. The molecule has 0 aliphatic carbocycles. The zero-order valence-electron chi connectivity index (χ0n) is 15.0. The van der Waals surface area contributed by atoms with E-state index in [1.807, 2.05) is 28.8 Å². The van der Waals surface area contributed by atoms with Crippen molar-refractivity contribution in [2.24, 2.45) is 22.9 Å². The van der Waals surface area contributed by atoms with Gasteiger partial charge >= 0.3 is 0 Å². The molecule has 10 heteroatoms. The van der Waals surface area contributed by atoms with Crippen LogP contribution in [0.4, 0.5) is 17.8 Å². The second kappa shape index (κ2) is 7.24. The molecule has 2 saturated heterocycles. The van der Waals surface area contributed by atoms with E-state index in [9.17, 15) is 0 Å². The van der Waals surface area contributed by atoms with Crippen LogP contribution in [-0.4, -0.2) is 79.4 Å². The fourth-order valence-corrected chi connectivity index (χ4v) is 3.51. The van der Waals surface area contributed by atoms with E-state index in [0.29, 0.717) is 44.0 Å². The number of rotatable bonds is 3. The van der Waals surface area contributed by atoms with Gasteiger partial charge in [0.15, 0.2) is 0 Å². The molecule has 0 unspecified atom stereocenters. The summed E-state index contributed by atoms with van der Waals surface area (Å²) in [6.07, 6.45) is 1.62. The van der Waals surface area contributed by atoms with Crippen LogP contribution in [0.5, 0.6) is 0 Å². The Hall–Kier alpha value is -1.75. The molecule has 25 heavy (non-hydrogen) atoms. The lowest BCUT2D eigenvalue weighted by Crippen LogP contribution is -2.54. The van der Waals surface area contributed by atoms with Crippen molar-refractivity contribution in [1.29, 1.82) is 0 Å². The SMILES string of the molecule is CN(C)c1nc(N2C[C@H](N)C[C@H](N)C2)nc(N2C[C@H](N)C[C@H](N)C2)n1. The predicted octanol–water partition coefficient (Wildman–Crippen LogP) is -2.33. The Bertz CT molecular complexity index is 529. The van der Waals surface area contributed by atoms with Gasteiger partial charge in [0, 0.05) is 64.4 Å². The summed E-state index contributed by atoms with van der Waals surface area (Å²) >= 11 is 0. The minimum atomic E-state index is 0.0172. The van der Waals surface area contributed by atoms with Gasteiger partial charge in [-0.3, -0.25) is 0 Å². The number of piperidine rings is 2. The normalized spacial score (nSPS) is 30.5. The molecule has 2 aliphatic rings. The minimum absolute atomic E-state index is 0.0172. The van der Waals surface area contributed by atoms with Gasteiger partial charge < -0.3 is 37.6 Å². The fraction of sp³-hybridized carbons (Fsp3) is 0.800. The van der Waals surface area contributed by atoms with E-state index in [-0.39, 0.29) is 24.2 Å². The first-order valence-corrected chi connectivity index (χ1v) is 8.77. The van der Waals surface area contributed by atoms with E-state index in [0.717, 1.165) is 12.8 Å². The van der Waals surface area contributed by atoms with Gasteiger partial charge in [0.2, 0.25) is 17.8 Å². The van der Waals surface area contributed by atoms with Crippen LogP contribution in [0.3, 0.4) is 0 Å². The highest BCUT2D eigenvalue weighted by atomic mass is 15.4. The number of hydrogen-bond acceptors (Lipinski definition) is 10. The van der Waals surface area contributed by atoms with Crippen molar-refractivity contribution < 1.29 is 0 Å². The molecule has 0 saturated carbocycles. The molecular weight excluding hydrogens is 320 g/mol. The molecule has 4 atom stereocenters. The molecular formula is C15H30N10. The maximum Gasteiger partial charge on any atom is 0.232 e. The number of nitrogens with two attached hydrogens (primary N) is 4. The Morgan fingerprint density at radius 3 is 1.40 bits per heavy atom. The van der Waals surface area contributed by atoms with Crippen molar-refractivity contribution in [3.8, 4) is 0 Å². The van der Waals surface area contributed by atoms with Gasteiger partial charge in [0.25, 0.3) is 0 Å². The van der Waals surface area contributed by atoms with Crippen molar-refractivity contribution in [1.82, 2.24) is 15.0 Å². The van der Waals surface area contributed by atoms with Gasteiger partial charge in [0.1, 0.15) is 0 Å². The molecule has 0 spiro atoms. The first kappa shape index (κ1) is 18.1. The average Bonchev–Trinajstić information content (AvgIpc) is 2.52. The fourth-order valence-electron chi connectivity index (χ4n) is 3.51. The second-order valence-corrected chi connectivity index (χ2v) is 7.45. The molecule has 8 N–H and O–H groups in total. The summed E-state index contributed by atoms with van der Waals surface area (Å²) in [7, 11) is 3.81. The molecule has 0 bridgehead atoms. The topological polar surface area (TPSA) is 152 Å². The molecule has 10 nitrogen and oxygen atoms in total. The lowest BCUT2D eigenvalue weighted by Gasteiger charge is -2.37. The van der Waals surface area contributed by atoms with Gasteiger partial charge in [0.05, 0.1) is 0 Å². The molecule has 2 aliphatic heterocycles. The lowest BCUT2D eigenvalue weighted by molar-refractivity contribution is 0.441. The van der Waals surface area contributed by atoms with E-state index in [2.05, 4.69) is 15.0 Å². The molecule has 2 fully saturated rings. The maximum absolute atomic E-state index is 6.12. The van der Waals surface area contributed by atoms with Crippen LogP contribution in [0.1, 0.15) is 12.8 Å². The molecule has 3 heterocycles. The number of nitrogens with zero attached hydrogens (tertiary/aromatic N) is 6. The summed E-state index contributed by atoms with van der Waals surface area (Å²) in [6.45, 7) is 2.73. The van der Waals surface area contributed by atoms with Crippen molar-refractivity contribution in [3.63, 3.8) is 0 Å². The first-order valence-electron chi connectivity index (χ1n) is 8.77. The van der Waals surface area contributed by atoms with Crippen LogP contribution in [0.25, 0.3) is 0 Å². The van der Waals surface area contributed by atoms with Crippen molar-refractivity contribution in [3.05, 3.63) is 0 Å². The molecule has 0 amide bonds. The molecule has 1 aromatic heterocycles. The first-order chi connectivity index (χ1) is 11.8. The lowest BCUT2D eigenvalue weighted by atomic mass is 10.0. The summed E-state index contributed by atoms with van der Waals surface area (Å²) in [5, 5.41) is 0. The second-order valence-electron chi connectivity index (χ2n) is 7.45. The van der Waals surface area contributed by atoms with Crippen molar-refractivity contribution in [2.75, 3.05) is 55.0 Å². The van der Waals surface area contributed by atoms with Crippen molar-refractivity contribution in [2.45, 2.75) is 37.0 Å². The van der Waals surface area contributed by atoms with Crippen LogP contribution in [0.15, 0.2) is 0 Å². The summed E-state index contributed by atoms with van der Waals surface area (Å²) in [6, 6.07) is 0.0689. The number of anilines is 3. The largest absolute Gasteiger partial charge is 0.347 e. The summed E-state index contributed by atoms with van der Waals surface area (Å²) in [4.78, 5) is 19.8. The summed E-state index contributed by atoms with van der Waals surface area (Å²) in [5.41, 5.74) is 24.5. The molecule has 140 valence electrons. The van der Waals surface area contributed by atoms with E-state index in [4.69, 9.17) is 22.9 Å². The molecule has 1 aromatic rings. The van der Waals surface area contributed by atoms with Gasteiger partial charge in [-0.15, -0.1) is 0 Å². The quantitative estimate of drug-likeness (QED) is 0.467. The van der Waals surface area contributed by atoms with Gasteiger partial charge in [-0.05, 0) is 12.8 Å². The van der Waals surface area contributed by atoms with E-state index in [1.165, 1.54) is 0 Å². The average molecular weight is 350 g/mol. The summed E-state index contributed by atoms with van der Waals surface area (Å²) < 4.78 is 0. The zero-order valence-corrected chi connectivity index (χ0v) is 15.0. The van der Waals surface area contributed by atoms with Crippen LogP contribution < -0.4 is 37.6 Å². The minimum Gasteiger partial charge on any atom is -0.347 e. The van der Waals surface area contributed by atoms with E-state index >= 15 is 0 Å². The number of aromatic nitrogens is 3. The van der Waals surface area contributed by atoms with Gasteiger partial charge in [-0.1, -0.05) is 0 Å². The molecule has 0 radical (unpaired) electrons.